The van der Waals surface area contributed by atoms with Crippen molar-refractivity contribution < 1.29 is 4.79 Å². The summed E-state index contributed by atoms with van der Waals surface area (Å²) in [6, 6.07) is 17.1. The Morgan fingerprint density at radius 2 is 1.88 bits per heavy atom. The largest absolute Gasteiger partial charge is 0.361 e. The number of nitrogens with one attached hydrogen (secondary N) is 1. The zero-order valence-corrected chi connectivity index (χ0v) is 14.1. The molecule has 2 aromatic carbocycles. The maximum absolute atomic E-state index is 12.7. The summed E-state index contributed by atoms with van der Waals surface area (Å²) >= 11 is 0. The van der Waals surface area contributed by atoms with Gasteiger partial charge in [0.1, 0.15) is 0 Å². The van der Waals surface area contributed by atoms with Gasteiger partial charge in [0.25, 0.3) is 5.91 Å². The van der Waals surface area contributed by atoms with Crippen molar-refractivity contribution in [2.45, 2.75) is 19.0 Å². The number of rotatable bonds is 2. The van der Waals surface area contributed by atoms with E-state index >= 15 is 0 Å². The maximum Gasteiger partial charge on any atom is 0.253 e. The number of aromatic nitrogens is 1. The van der Waals surface area contributed by atoms with Crippen molar-refractivity contribution in [3.63, 3.8) is 0 Å². The molecule has 3 heterocycles. The highest BCUT2D eigenvalue weighted by molar-refractivity contribution is 5.98. The van der Waals surface area contributed by atoms with Gasteiger partial charge in [-0.05, 0) is 41.8 Å². The molecule has 0 saturated carbocycles. The van der Waals surface area contributed by atoms with Crippen LogP contribution in [0.15, 0.2) is 54.7 Å². The molecule has 0 radical (unpaired) electrons. The summed E-state index contributed by atoms with van der Waals surface area (Å²) in [5, 5.41) is 1.09. The number of fused-ring (bicyclic) bond motifs is 2. The first-order chi connectivity index (χ1) is 12.3. The highest BCUT2D eigenvalue weighted by Crippen LogP contribution is 2.26. The van der Waals surface area contributed by atoms with Crippen molar-refractivity contribution >= 4 is 16.8 Å². The fraction of sp³-hybridized carbons (Fsp3) is 0.286. The van der Waals surface area contributed by atoms with Gasteiger partial charge in [0.2, 0.25) is 0 Å². The lowest BCUT2D eigenvalue weighted by molar-refractivity contribution is 0.0218. The SMILES string of the molecule is O=C(c1ccc2[nH]ccc2c1)N1CC(N2CCc3ccccc3C2)C1. The van der Waals surface area contributed by atoms with Crippen LogP contribution in [-0.4, -0.2) is 46.4 Å². The van der Waals surface area contributed by atoms with Crippen molar-refractivity contribution in [1.82, 2.24) is 14.8 Å². The second-order valence-corrected chi connectivity index (χ2v) is 7.13. The lowest BCUT2D eigenvalue weighted by Gasteiger charge is -2.47. The molecule has 3 aromatic rings. The molecule has 0 spiro atoms. The van der Waals surface area contributed by atoms with Gasteiger partial charge in [0.05, 0.1) is 0 Å². The number of amides is 1. The van der Waals surface area contributed by atoms with E-state index in [0.29, 0.717) is 6.04 Å². The van der Waals surface area contributed by atoms with Crippen LogP contribution in [0.2, 0.25) is 0 Å². The lowest BCUT2D eigenvalue weighted by Crippen LogP contribution is -2.61. The molecule has 1 fully saturated rings. The van der Waals surface area contributed by atoms with Crippen LogP contribution in [0.5, 0.6) is 0 Å². The van der Waals surface area contributed by atoms with E-state index < -0.39 is 0 Å². The number of nitrogens with zero attached hydrogens (tertiary/aromatic N) is 2. The Labute approximate surface area is 147 Å². The average Bonchev–Trinajstić information content (AvgIpc) is 3.08. The molecule has 4 heteroatoms. The van der Waals surface area contributed by atoms with E-state index in [1.54, 1.807) is 0 Å². The minimum atomic E-state index is 0.150. The Kier molecular flexibility index (Phi) is 3.38. The summed E-state index contributed by atoms with van der Waals surface area (Å²) in [4.78, 5) is 20.4. The zero-order chi connectivity index (χ0) is 16.8. The van der Waals surface area contributed by atoms with E-state index in [4.69, 9.17) is 0 Å². The van der Waals surface area contributed by atoms with Gasteiger partial charge in [0.15, 0.2) is 0 Å². The van der Waals surface area contributed by atoms with Crippen molar-refractivity contribution in [2.24, 2.45) is 0 Å². The average molecular weight is 331 g/mol. The first kappa shape index (κ1) is 14.7. The molecule has 2 aliphatic heterocycles. The van der Waals surface area contributed by atoms with Gasteiger partial charge in [-0.1, -0.05) is 24.3 Å². The van der Waals surface area contributed by atoms with Crippen LogP contribution >= 0.6 is 0 Å². The van der Waals surface area contributed by atoms with Gasteiger partial charge >= 0.3 is 0 Å². The summed E-state index contributed by atoms with van der Waals surface area (Å²) in [5.74, 6) is 0.150. The van der Waals surface area contributed by atoms with Crippen molar-refractivity contribution in [2.75, 3.05) is 19.6 Å². The minimum absolute atomic E-state index is 0.150. The number of benzene rings is 2. The highest BCUT2D eigenvalue weighted by atomic mass is 16.2. The molecule has 126 valence electrons. The number of carbonyl (C=O) groups is 1. The summed E-state index contributed by atoms with van der Waals surface area (Å²) in [6.07, 6.45) is 3.03. The smallest absolute Gasteiger partial charge is 0.253 e. The molecule has 1 amide bonds. The molecule has 0 atom stereocenters. The van der Waals surface area contributed by atoms with Crippen LogP contribution in [0.3, 0.4) is 0 Å². The minimum Gasteiger partial charge on any atom is -0.361 e. The Bertz CT molecular complexity index is 939. The quantitative estimate of drug-likeness (QED) is 0.784. The van der Waals surface area contributed by atoms with Crippen LogP contribution in [0.25, 0.3) is 10.9 Å². The van der Waals surface area contributed by atoms with Crippen LogP contribution in [0, 0.1) is 0 Å². The monoisotopic (exact) mass is 331 g/mol. The van der Waals surface area contributed by atoms with Crippen molar-refractivity contribution in [3.05, 3.63) is 71.4 Å². The standard InChI is InChI=1S/C21H21N3O/c25-21(17-5-6-20-16(11-17)7-9-22-20)24-13-19(14-24)23-10-8-15-3-1-2-4-18(15)12-23/h1-7,9,11,19,22H,8,10,12-14H2. The van der Waals surface area contributed by atoms with Gasteiger partial charge in [-0.2, -0.15) is 0 Å². The first-order valence-corrected chi connectivity index (χ1v) is 8.95. The number of aromatic amines is 1. The summed E-state index contributed by atoms with van der Waals surface area (Å²) in [6.45, 7) is 3.79. The fourth-order valence-electron chi connectivity index (χ4n) is 4.05. The van der Waals surface area contributed by atoms with E-state index in [2.05, 4.69) is 34.1 Å². The zero-order valence-electron chi connectivity index (χ0n) is 14.1. The number of H-pyrrole nitrogens is 1. The van der Waals surface area contributed by atoms with Gasteiger partial charge < -0.3 is 9.88 Å². The fourth-order valence-corrected chi connectivity index (χ4v) is 4.05. The second kappa shape index (κ2) is 5.74. The molecule has 4 nitrogen and oxygen atoms in total. The molecule has 1 aromatic heterocycles. The molecule has 2 aliphatic rings. The van der Waals surface area contributed by atoms with E-state index in [9.17, 15) is 4.79 Å². The topological polar surface area (TPSA) is 39.3 Å². The highest BCUT2D eigenvalue weighted by Gasteiger charge is 2.36. The Balaban J connectivity index is 1.25. The third-order valence-corrected chi connectivity index (χ3v) is 5.63. The molecule has 5 rings (SSSR count). The number of hydrogen-bond acceptors (Lipinski definition) is 2. The summed E-state index contributed by atoms with van der Waals surface area (Å²) in [7, 11) is 0. The van der Waals surface area contributed by atoms with E-state index in [1.165, 1.54) is 11.1 Å². The number of carbonyl (C=O) groups excluding carboxylic acids is 1. The second-order valence-electron chi connectivity index (χ2n) is 7.13. The summed E-state index contributed by atoms with van der Waals surface area (Å²) in [5.41, 5.74) is 4.78. The Morgan fingerprint density at radius 3 is 2.76 bits per heavy atom. The van der Waals surface area contributed by atoms with Crippen molar-refractivity contribution in [1.29, 1.82) is 0 Å². The summed E-state index contributed by atoms with van der Waals surface area (Å²) < 4.78 is 0. The molecule has 0 aliphatic carbocycles. The third kappa shape index (κ3) is 2.53. The van der Waals surface area contributed by atoms with Crippen LogP contribution < -0.4 is 0 Å². The molecular formula is C21H21N3O. The van der Waals surface area contributed by atoms with Gasteiger partial charge in [-0.3, -0.25) is 9.69 Å². The molecule has 1 N–H and O–H groups in total. The predicted octanol–water partition coefficient (Wildman–Crippen LogP) is 3.05. The normalized spacial score (nSPS) is 18.2. The maximum atomic E-state index is 12.7. The molecular weight excluding hydrogens is 310 g/mol. The third-order valence-electron chi connectivity index (χ3n) is 5.63. The van der Waals surface area contributed by atoms with Crippen molar-refractivity contribution in [3.8, 4) is 0 Å². The molecule has 25 heavy (non-hydrogen) atoms. The number of hydrogen-bond donors (Lipinski definition) is 1. The molecule has 1 saturated heterocycles. The van der Waals surface area contributed by atoms with Gasteiger partial charge in [-0.15, -0.1) is 0 Å². The number of likely N-dealkylation sites (tertiary alicyclic amines) is 1. The van der Waals surface area contributed by atoms with E-state index in [-0.39, 0.29) is 5.91 Å². The Hall–Kier alpha value is -2.59. The Morgan fingerprint density at radius 1 is 1.04 bits per heavy atom. The van der Waals surface area contributed by atoms with E-state index in [1.807, 2.05) is 35.4 Å². The van der Waals surface area contributed by atoms with Gasteiger partial charge in [0, 0.05) is 54.9 Å². The predicted molar refractivity (Wildman–Crippen MR) is 98.5 cm³/mol. The van der Waals surface area contributed by atoms with Crippen LogP contribution in [0.1, 0.15) is 21.5 Å². The van der Waals surface area contributed by atoms with Crippen LogP contribution in [0.4, 0.5) is 0 Å². The molecule has 0 bridgehead atoms. The molecule has 0 unspecified atom stereocenters. The van der Waals surface area contributed by atoms with Crippen LogP contribution in [-0.2, 0) is 13.0 Å². The first-order valence-electron chi connectivity index (χ1n) is 8.95. The lowest BCUT2D eigenvalue weighted by atomic mass is 9.96. The van der Waals surface area contributed by atoms with Gasteiger partial charge in [-0.25, -0.2) is 0 Å². The van der Waals surface area contributed by atoms with E-state index in [0.717, 1.165) is 49.1 Å².